The average Bonchev–Trinajstić information content (AvgIpc) is 3.58. The number of hydrogen-bond acceptors (Lipinski definition) is 8. The van der Waals surface area contributed by atoms with Crippen LogP contribution in [-0.2, 0) is 28.8 Å². The lowest BCUT2D eigenvalue weighted by Gasteiger charge is -2.36. The number of amides is 4. The van der Waals surface area contributed by atoms with Crippen LogP contribution in [0.25, 0.3) is 0 Å². The molecule has 4 amide bonds. The maximum atomic E-state index is 14.5. The third-order valence-corrected chi connectivity index (χ3v) is 9.28. The number of carbonyl (C=O) groups is 5. The highest BCUT2D eigenvalue weighted by Gasteiger charge is 2.56. The van der Waals surface area contributed by atoms with Crippen molar-refractivity contribution in [3.05, 3.63) is 28.8 Å². The summed E-state index contributed by atoms with van der Waals surface area (Å²) in [6.07, 6.45) is 2.85. The molecule has 1 saturated carbocycles. The quantitative estimate of drug-likeness (QED) is 0.306. The zero-order valence-electron chi connectivity index (χ0n) is 30.2. The lowest BCUT2D eigenvalue weighted by Crippen LogP contribution is -2.59. The molecular formula is C36H53N5O7. The van der Waals surface area contributed by atoms with Crippen molar-refractivity contribution >= 4 is 35.1 Å². The summed E-state index contributed by atoms with van der Waals surface area (Å²) in [5.41, 5.74) is 1.43. The summed E-state index contributed by atoms with van der Waals surface area (Å²) in [5, 5.41) is 12.6. The molecule has 12 nitrogen and oxygen atoms in total. The van der Waals surface area contributed by atoms with Crippen molar-refractivity contribution in [2.24, 2.45) is 21.9 Å². The zero-order chi connectivity index (χ0) is 35.8. The summed E-state index contributed by atoms with van der Waals surface area (Å²) in [7, 11) is 3.00. The Morgan fingerprint density at radius 1 is 1.04 bits per heavy atom. The number of methoxy groups -OCH3 is 1. The van der Waals surface area contributed by atoms with Crippen molar-refractivity contribution in [1.82, 2.24) is 20.9 Å². The van der Waals surface area contributed by atoms with Crippen LogP contribution in [0.1, 0.15) is 96.8 Å². The number of nitrogens with zero attached hydrogens (tertiary/aromatic N) is 2. The Kier molecular flexibility index (Phi) is 10.7. The number of aryl methyl sites for hydroxylation is 2. The van der Waals surface area contributed by atoms with Crippen molar-refractivity contribution in [2.45, 2.75) is 118 Å². The number of likely N-dealkylation sites (N-methyl/N-ethyl adjacent to an activating group) is 1. The lowest BCUT2D eigenvalue weighted by molar-refractivity contribution is -0.145. The van der Waals surface area contributed by atoms with Crippen LogP contribution in [0, 0.1) is 30.6 Å². The van der Waals surface area contributed by atoms with E-state index in [1.54, 1.807) is 7.11 Å². The first-order chi connectivity index (χ1) is 22.3. The van der Waals surface area contributed by atoms with Gasteiger partial charge in [-0.1, -0.05) is 59.5 Å². The lowest BCUT2D eigenvalue weighted by atomic mass is 9.84. The van der Waals surface area contributed by atoms with Gasteiger partial charge in [0.25, 0.3) is 5.91 Å². The molecular weight excluding hydrogens is 614 g/mol. The molecule has 48 heavy (non-hydrogen) atoms. The third kappa shape index (κ3) is 8.54. The molecule has 3 aliphatic rings. The number of oxime groups is 1. The van der Waals surface area contributed by atoms with Crippen LogP contribution in [0.2, 0.25) is 0 Å². The van der Waals surface area contributed by atoms with E-state index < -0.39 is 52.6 Å². The molecule has 1 spiro atoms. The fourth-order valence-electron chi connectivity index (χ4n) is 6.70. The molecule has 0 radical (unpaired) electrons. The minimum Gasteiger partial charge on any atom is -0.496 e. The molecule has 264 valence electrons. The number of likely N-dealkylation sites (tertiary alicyclic amines) is 1. The summed E-state index contributed by atoms with van der Waals surface area (Å²) in [6, 6.07) is 0.950. The van der Waals surface area contributed by atoms with Gasteiger partial charge >= 0.3 is 0 Å². The summed E-state index contributed by atoms with van der Waals surface area (Å²) in [4.78, 5) is 74.7. The van der Waals surface area contributed by atoms with Crippen molar-refractivity contribution in [1.29, 1.82) is 0 Å². The highest BCUT2D eigenvalue weighted by atomic mass is 16.7. The molecule has 4 atom stereocenters. The topological polar surface area (TPSA) is 156 Å². The van der Waals surface area contributed by atoms with Crippen LogP contribution < -0.4 is 20.7 Å². The predicted octanol–water partition coefficient (Wildman–Crippen LogP) is 3.34. The Hall–Kier alpha value is -3.96. The third-order valence-electron chi connectivity index (χ3n) is 9.28. The number of ether oxygens (including phenoxy) is 1. The van der Waals surface area contributed by atoms with E-state index in [2.05, 4.69) is 21.1 Å². The maximum absolute atomic E-state index is 14.5. The van der Waals surface area contributed by atoms with Gasteiger partial charge in [0.2, 0.25) is 23.5 Å². The van der Waals surface area contributed by atoms with Crippen LogP contribution in [0.5, 0.6) is 5.75 Å². The number of rotatable bonds is 11. The van der Waals surface area contributed by atoms with Gasteiger partial charge in [-0.3, -0.25) is 24.0 Å². The number of carbonyl (C=O) groups excluding carboxylic acids is 5. The molecule has 1 aliphatic carbocycles. The molecule has 0 unspecified atom stereocenters. The Labute approximate surface area is 284 Å². The molecule has 1 aromatic carbocycles. The fourth-order valence-corrected chi connectivity index (χ4v) is 6.70. The van der Waals surface area contributed by atoms with Gasteiger partial charge in [-0.05, 0) is 60.3 Å². The van der Waals surface area contributed by atoms with Crippen molar-refractivity contribution in [3.63, 3.8) is 0 Å². The first-order valence-electron chi connectivity index (χ1n) is 16.8. The van der Waals surface area contributed by atoms with Crippen molar-refractivity contribution in [2.75, 3.05) is 20.7 Å². The molecule has 1 aromatic rings. The van der Waals surface area contributed by atoms with E-state index in [0.717, 1.165) is 35.3 Å². The van der Waals surface area contributed by atoms with E-state index >= 15 is 0 Å². The Bertz CT molecular complexity index is 1460. The SMILES string of the molecule is CNC(=O)C(=O)[C@H](CC1CC1)NC(=O)[C@@H]1C[C@]2(CC(c3cc(C)c(OC)c(C)c3)=NO2)CN1C(=O)[C@@H](NC(=O)CC(C)(C)C)C(C)(C)C. The van der Waals surface area contributed by atoms with Gasteiger partial charge in [-0.15, -0.1) is 0 Å². The molecule has 0 bridgehead atoms. The van der Waals surface area contributed by atoms with Crippen LogP contribution in [0.4, 0.5) is 0 Å². The van der Waals surface area contributed by atoms with Gasteiger partial charge in [0.05, 0.1) is 25.4 Å². The standard InChI is InChI=1S/C36H53N5O7/c1-20-13-23(14-21(2)29(20)47-10)25-16-36(48-40-25)17-26(31(44)38-24(15-22-11-12-22)28(43)32(45)37-9)41(19-36)33(46)30(35(6,7)8)39-27(42)18-34(3,4)5/h13-14,22,24,26,30H,11-12,15-19H2,1-10H3,(H,37,45)(H,38,44)(H,39,42)/t24-,26-,30+,36+/m0/s1. The summed E-state index contributed by atoms with van der Waals surface area (Å²) in [6.45, 7) is 15.4. The minimum absolute atomic E-state index is 0.0451. The zero-order valence-corrected chi connectivity index (χ0v) is 30.2. The molecule has 2 aliphatic heterocycles. The number of benzene rings is 1. The highest BCUT2D eigenvalue weighted by molar-refractivity contribution is 6.38. The number of Topliss-reactive ketones (excluding diaryl/α,β-unsaturated/α-hetero) is 1. The number of nitrogens with one attached hydrogen (secondary N) is 3. The Morgan fingerprint density at radius 2 is 1.67 bits per heavy atom. The number of hydrogen-bond donors (Lipinski definition) is 3. The predicted molar refractivity (Wildman–Crippen MR) is 181 cm³/mol. The molecule has 12 heteroatoms. The molecule has 2 fully saturated rings. The minimum atomic E-state index is -1.03. The van der Waals surface area contributed by atoms with Crippen molar-refractivity contribution in [3.8, 4) is 5.75 Å². The smallest absolute Gasteiger partial charge is 0.289 e. The van der Waals surface area contributed by atoms with E-state index in [-0.39, 0.29) is 36.6 Å². The average molecular weight is 668 g/mol. The second-order valence-corrected chi connectivity index (χ2v) is 16.1. The van der Waals surface area contributed by atoms with Gasteiger partial charge in [0, 0.05) is 31.9 Å². The van der Waals surface area contributed by atoms with E-state index in [0.29, 0.717) is 18.6 Å². The van der Waals surface area contributed by atoms with Crippen LogP contribution in [-0.4, -0.2) is 84.5 Å². The van der Waals surface area contributed by atoms with Gasteiger partial charge in [-0.2, -0.15) is 0 Å². The summed E-state index contributed by atoms with van der Waals surface area (Å²) in [5.74, 6) is -1.72. The van der Waals surface area contributed by atoms with E-state index in [1.807, 2.05) is 67.5 Å². The number of ketones is 1. The molecule has 0 aromatic heterocycles. The Morgan fingerprint density at radius 3 is 2.19 bits per heavy atom. The second kappa shape index (κ2) is 13.9. The van der Waals surface area contributed by atoms with Crippen molar-refractivity contribution < 1.29 is 33.5 Å². The molecule has 1 saturated heterocycles. The van der Waals surface area contributed by atoms with Crippen LogP contribution in [0.15, 0.2) is 17.3 Å². The van der Waals surface area contributed by atoms with E-state index in [9.17, 15) is 24.0 Å². The van der Waals surface area contributed by atoms with E-state index in [1.165, 1.54) is 11.9 Å². The Balaban J connectivity index is 1.66. The normalized spacial score (nSPS) is 22.0. The monoisotopic (exact) mass is 667 g/mol. The molecule has 2 heterocycles. The largest absolute Gasteiger partial charge is 0.496 e. The summed E-state index contributed by atoms with van der Waals surface area (Å²) >= 11 is 0. The highest BCUT2D eigenvalue weighted by Crippen LogP contribution is 2.41. The van der Waals surface area contributed by atoms with Gasteiger partial charge in [0.1, 0.15) is 17.8 Å². The summed E-state index contributed by atoms with van der Waals surface area (Å²) < 4.78 is 5.53. The van der Waals surface area contributed by atoms with Crippen LogP contribution in [0.3, 0.4) is 0 Å². The molecule has 4 rings (SSSR count). The van der Waals surface area contributed by atoms with Gasteiger partial charge in [-0.25, -0.2) is 0 Å². The first kappa shape index (κ1) is 36.9. The second-order valence-electron chi connectivity index (χ2n) is 16.1. The fraction of sp³-hybridized carbons (Fsp3) is 0.667. The van der Waals surface area contributed by atoms with E-state index in [4.69, 9.17) is 9.57 Å². The van der Waals surface area contributed by atoms with Crippen LogP contribution >= 0.6 is 0 Å². The van der Waals surface area contributed by atoms with Gasteiger partial charge < -0.3 is 30.4 Å². The first-order valence-corrected chi connectivity index (χ1v) is 16.8. The molecule has 3 N–H and O–H groups in total. The van der Waals surface area contributed by atoms with Gasteiger partial charge in [0.15, 0.2) is 5.60 Å². The maximum Gasteiger partial charge on any atom is 0.289 e.